The van der Waals surface area contributed by atoms with E-state index in [0.717, 1.165) is 4.90 Å². The summed E-state index contributed by atoms with van der Waals surface area (Å²) in [6, 6.07) is 8.77. The molecule has 7 nitrogen and oxygen atoms in total. The van der Waals surface area contributed by atoms with Gasteiger partial charge in [0.25, 0.3) is 5.91 Å². The molecule has 136 valence electrons. The Hall–Kier alpha value is -2.96. The maximum absolute atomic E-state index is 12.3. The van der Waals surface area contributed by atoms with Gasteiger partial charge in [-0.25, -0.2) is 0 Å². The van der Waals surface area contributed by atoms with E-state index in [9.17, 15) is 19.2 Å². The van der Waals surface area contributed by atoms with E-state index in [-0.39, 0.29) is 49.2 Å². The van der Waals surface area contributed by atoms with E-state index in [0.29, 0.717) is 18.4 Å². The number of rotatable bonds is 6. The van der Waals surface area contributed by atoms with Crippen molar-refractivity contribution in [1.29, 1.82) is 0 Å². The van der Waals surface area contributed by atoms with Crippen molar-refractivity contribution in [3.8, 4) is 0 Å². The van der Waals surface area contributed by atoms with Crippen molar-refractivity contribution in [3.05, 3.63) is 48.0 Å². The van der Waals surface area contributed by atoms with Crippen LogP contribution in [0.5, 0.6) is 0 Å². The van der Waals surface area contributed by atoms with E-state index >= 15 is 0 Å². The summed E-state index contributed by atoms with van der Waals surface area (Å²) >= 11 is 0. The molecule has 0 spiro atoms. The van der Waals surface area contributed by atoms with E-state index < -0.39 is 5.91 Å². The van der Waals surface area contributed by atoms with Crippen LogP contribution < -0.4 is 10.6 Å². The number of hydrogen-bond donors (Lipinski definition) is 2. The highest BCUT2D eigenvalue weighted by molar-refractivity contribution is 6.07. The van der Waals surface area contributed by atoms with E-state index in [1.807, 2.05) is 18.2 Å². The molecule has 2 N–H and O–H groups in total. The highest BCUT2D eigenvalue weighted by atomic mass is 16.2. The number of amides is 4. The lowest BCUT2D eigenvalue weighted by atomic mass is 9.85. The zero-order valence-electron chi connectivity index (χ0n) is 14.3. The number of carbonyl (C=O) groups excluding carboxylic acids is 4. The normalized spacial score (nSPS) is 21.5. The average Bonchev–Trinajstić information content (AvgIpc) is 2.91. The number of nitrogens with one attached hydrogen (secondary N) is 2. The monoisotopic (exact) mass is 355 g/mol. The molecule has 0 aromatic heterocycles. The van der Waals surface area contributed by atoms with Gasteiger partial charge in [-0.15, -0.1) is 0 Å². The topological polar surface area (TPSA) is 95.6 Å². The van der Waals surface area contributed by atoms with Gasteiger partial charge in [-0.3, -0.25) is 24.1 Å². The Bertz CT molecular complexity index is 718. The Kier molecular flexibility index (Phi) is 5.46. The Morgan fingerprint density at radius 1 is 0.923 bits per heavy atom. The molecule has 1 aliphatic carbocycles. The predicted octanol–water partition coefficient (Wildman–Crippen LogP) is 0.484. The fourth-order valence-corrected chi connectivity index (χ4v) is 3.29. The molecule has 1 aromatic rings. The van der Waals surface area contributed by atoms with Crippen molar-refractivity contribution in [3.63, 3.8) is 0 Å². The SMILES string of the molecule is O=C(CN1C(=O)C2CC=CCC2C1=O)NCCNC(=O)c1ccccc1. The number of hydrogen-bond acceptors (Lipinski definition) is 4. The zero-order valence-corrected chi connectivity index (χ0v) is 14.3. The van der Waals surface area contributed by atoms with Crippen LogP contribution in [0.15, 0.2) is 42.5 Å². The van der Waals surface area contributed by atoms with E-state index in [1.165, 1.54) is 0 Å². The fourth-order valence-electron chi connectivity index (χ4n) is 3.29. The van der Waals surface area contributed by atoms with Crippen LogP contribution in [-0.2, 0) is 14.4 Å². The summed E-state index contributed by atoms with van der Waals surface area (Å²) in [4.78, 5) is 49.5. The van der Waals surface area contributed by atoms with Gasteiger partial charge in [-0.05, 0) is 25.0 Å². The smallest absolute Gasteiger partial charge is 0.251 e. The van der Waals surface area contributed by atoms with Gasteiger partial charge < -0.3 is 10.6 Å². The van der Waals surface area contributed by atoms with Crippen molar-refractivity contribution in [2.45, 2.75) is 12.8 Å². The Morgan fingerprint density at radius 3 is 2.12 bits per heavy atom. The summed E-state index contributed by atoms with van der Waals surface area (Å²) in [6.07, 6.45) is 4.93. The molecule has 7 heteroatoms. The number of likely N-dealkylation sites (tertiary alicyclic amines) is 1. The Morgan fingerprint density at radius 2 is 1.50 bits per heavy atom. The predicted molar refractivity (Wildman–Crippen MR) is 93.9 cm³/mol. The number of carbonyl (C=O) groups is 4. The first-order valence-corrected chi connectivity index (χ1v) is 8.68. The summed E-state index contributed by atoms with van der Waals surface area (Å²) < 4.78 is 0. The highest BCUT2D eigenvalue weighted by Gasteiger charge is 2.47. The van der Waals surface area contributed by atoms with E-state index in [4.69, 9.17) is 0 Å². The summed E-state index contributed by atoms with van der Waals surface area (Å²) in [7, 11) is 0. The third kappa shape index (κ3) is 3.82. The van der Waals surface area contributed by atoms with Gasteiger partial charge in [0.1, 0.15) is 6.54 Å². The molecule has 0 saturated carbocycles. The van der Waals surface area contributed by atoms with E-state index in [1.54, 1.807) is 24.3 Å². The van der Waals surface area contributed by atoms with Gasteiger partial charge in [0, 0.05) is 18.7 Å². The molecular formula is C19H21N3O4. The number of allylic oxidation sites excluding steroid dienone is 2. The largest absolute Gasteiger partial charge is 0.353 e. The molecule has 26 heavy (non-hydrogen) atoms. The quantitative estimate of drug-likeness (QED) is 0.441. The molecule has 1 aromatic carbocycles. The van der Waals surface area contributed by atoms with Gasteiger partial charge >= 0.3 is 0 Å². The fraction of sp³-hybridized carbons (Fsp3) is 0.368. The second-order valence-electron chi connectivity index (χ2n) is 6.39. The molecule has 1 heterocycles. The number of nitrogens with zero attached hydrogens (tertiary/aromatic N) is 1. The lowest BCUT2D eigenvalue weighted by Crippen LogP contribution is -2.43. The molecular weight excluding hydrogens is 334 g/mol. The van der Waals surface area contributed by atoms with Crippen LogP contribution in [0.25, 0.3) is 0 Å². The number of fused-ring (bicyclic) bond motifs is 1. The molecule has 1 aliphatic heterocycles. The third-order valence-electron chi connectivity index (χ3n) is 4.67. The van der Waals surface area contributed by atoms with Gasteiger partial charge in [0.2, 0.25) is 17.7 Å². The molecule has 2 aliphatic rings. The third-order valence-corrected chi connectivity index (χ3v) is 4.67. The van der Waals surface area contributed by atoms with Crippen LogP contribution in [0.1, 0.15) is 23.2 Å². The summed E-state index contributed by atoms with van der Waals surface area (Å²) in [5.74, 6) is -1.82. The summed E-state index contributed by atoms with van der Waals surface area (Å²) in [5.41, 5.74) is 0.545. The molecule has 3 rings (SSSR count). The standard InChI is InChI=1S/C19H21N3O4/c23-16(20-10-11-21-17(24)13-6-2-1-3-7-13)12-22-18(25)14-8-4-5-9-15(14)19(22)26/h1-7,14-15H,8-12H2,(H,20,23)(H,21,24). The number of imide groups is 1. The number of benzene rings is 1. The second kappa shape index (κ2) is 7.95. The van der Waals surface area contributed by atoms with Crippen LogP contribution in [-0.4, -0.2) is 48.2 Å². The minimum absolute atomic E-state index is 0.221. The second-order valence-corrected chi connectivity index (χ2v) is 6.39. The van der Waals surface area contributed by atoms with Crippen LogP contribution in [0.4, 0.5) is 0 Å². The molecule has 2 atom stereocenters. The molecule has 0 bridgehead atoms. The first-order valence-electron chi connectivity index (χ1n) is 8.68. The summed E-state index contributed by atoms with van der Waals surface area (Å²) in [5, 5.41) is 5.32. The highest BCUT2D eigenvalue weighted by Crippen LogP contribution is 2.34. The molecule has 1 fully saturated rings. The van der Waals surface area contributed by atoms with Gasteiger partial charge in [0.15, 0.2) is 0 Å². The maximum Gasteiger partial charge on any atom is 0.251 e. The van der Waals surface area contributed by atoms with Crippen molar-refractivity contribution in [2.24, 2.45) is 11.8 Å². The Balaban J connectivity index is 1.41. The minimum Gasteiger partial charge on any atom is -0.353 e. The summed E-state index contributed by atoms with van der Waals surface area (Å²) in [6.45, 7) is 0.218. The van der Waals surface area contributed by atoms with Crippen molar-refractivity contribution >= 4 is 23.6 Å². The van der Waals surface area contributed by atoms with E-state index in [2.05, 4.69) is 10.6 Å². The van der Waals surface area contributed by atoms with Gasteiger partial charge in [-0.1, -0.05) is 30.4 Å². The minimum atomic E-state index is -0.410. The van der Waals surface area contributed by atoms with Gasteiger partial charge in [0.05, 0.1) is 11.8 Å². The molecule has 2 unspecified atom stereocenters. The molecule has 4 amide bonds. The van der Waals surface area contributed by atoms with Crippen molar-refractivity contribution in [1.82, 2.24) is 15.5 Å². The maximum atomic E-state index is 12.3. The zero-order chi connectivity index (χ0) is 18.5. The average molecular weight is 355 g/mol. The molecule has 0 radical (unpaired) electrons. The van der Waals surface area contributed by atoms with Crippen LogP contribution >= 0.6 is 0 Å². The van der Waals surface area contributed by atoms with Crippen molar-refractivity contribution < 1.29 is 19.2 Å². The lowest BCUT2D eigenvalue weighted by molar-refractivity contribution is -0.143. The molecule has 1 saturated heterocycles. The lowest BCUT2D eigenvalue weighted by Gasteiger charge is -2.14. The van der Waals surface area contributed by atoms with Crippen LogP contribution in [0, 0.1) is 11.8 Å². The first-order chi connectivity index (χ1) is 12.6. The van der Waals surface area contributed by atoms with Crippen molar-refractivity contribution in [2.75, 3.05) is 19.6 Å². The first kappa shape index (κ1) is 17.8. The van der Waals surface area contributed by atoms with Gasteiger partial charge in [-0.2, -0.15) is 0 Å². The van der Waals surface area contributed by atoms with Crippen LogP contribution in [0.2, 0.25) is 0 Å². The van der Waals surface area contributed by atoms with Crippen LogP contribution in [0.3, 0.4) is 0 Å². The Labute approximate surface area is 151 Å².